The van der Waals surface area contributed by atoms with Crippen molar-refractivity contribution in [2.45, 2.75) is 44.9 Å². The van der Waals surface area contributed by atoms with Gasteiger partial charge in [-0.2, -0.15) is 4.39 Å². The molecule has 0 unspecified atom stereocenters. The molecule has 0 amide bonds. The number of ether oxygens (including phenoxy) is 2. The number of aromatic nitrogens is 1. The first-order valence-electron chi connectivity index (χ1n) is 13.1. The molecule has 0 bridgehead atoms. The van der Waals surface area contributed by atoms with Gasteiger partial charge in [-0.25, -0.2) is 13.2 Å². The number of carbonyl (C=O) groups is 1. The van der Waals surface area contributed by atoms with Crippen LogP contribution in [0.5, 0.6) is 11.5 Å². The number of nitrogens with zero attached hydrogens (tertiary/aromatic N) is 2. The van der Waals surface area contributed by atoms with Gasteiger partial charge < -0.3 is 19.7 Å². The highest BCUT2D eigenvalue weighted by molar-refractivity contribution is 5.85. The summed E-state index contributed by atoms with van der Waals surface area (Å²) < 4.78 is 65.0. The summed E-state index contributed by atoms with van der Waals surface area (Å²) in [6.45, 7) is 0.592. The minimum Gasteiger partial charge on any atom is -0.497 e. The number of methoxy groups -OCH3 is 1. The minimum atomic E-state index is -1.33. The van der Waals surface area contributed by atoms with Crippen LogP contribution in [0.1, 0.15) is 49.3 Å². The van der Waals surface area contributed by atoms with Crippen molar-refractivity contribution >= 4 is 16.9 Å². The van der Waals surface area contributed by atoms with Crippen molar-refractivity contribution in [3.8, 4) is 11.5 Å². The maximum absolute atomic E-state index is 13.9. The summed E-state index contributed by atoms with van der Waals surface area (Å²) in [4.78, 5) is 18.1. The van der Waals surface area contributed by atoms with Crippen LogP contribution in [0.15, 0.2) is 36.5 Å². The van der Waals surface area contributed by atoms with Gasteiger partial charge >= 0.3 is 5.97 Å². The summed E-state index contributed by atoms with van der Waals surface area (Å²) in [5.74, 6) is -4.43. The number of hydrogen-bond acceptors (Lipinski definition) is 6. The predicted octanol–water partition coefficient (Wildman–Crippen LogP) is 5.58. The van der Waals surface area contributed by atoms with E-state index in [4.69, 9.17) is 9.47 Å². The molecule has 0 spiro atoms. The zero-order valence-electron chi connectivity index (χ0n) is 22.1. The molecular weight excluding hydrogens is 532 g/mol. The molecule has 2 aromatic carbocycles. The van der Waals surface area contributed by atoms with Gasteiger partial charge in [0, 0.05) is 35.8 Å². The van der Waals surface area contributed by atoms with Gasteiger partial charge in [-0.05, 0) is 68.0 Å². The van der Waals surface area contributed by atoms with E-state index in [1.54, 1.807) is 18.2 Å². The highest BCUT2D eigenvalue weighted by Gasteiger charge is 2.37. The lowest BCUT2D eigenvalue weighted by molar-refractivity contribution is -0.141. The number of rotatable bonds is 12. The number of halogens is 4. The Morgan fingerprint density at radius 1 is 1.18 bits per heavy atom. The molecule has 11 heteroatoms. The van der Waals surface area contributed by atoms with E-state index in [1.165, 1.54) is 13.3 Å². The number of carboxylic acids is 1. The van der Waals surface area contributed by atoms with Crippen LogP contribution in [-0.4, -0.2) is 59.4 Å². The SMILES string of the molecule is COc1ccc2ncc(CF)c([C@H](O)CCC3(CC(=O)O)CCN(CCOc4cc(F)cc(F)c4F)CC3)c2c1. The smallest absolute Gasteiger partial charge is 0.303 e. The average molecular weight is 565 g/mol. The number of benzene rings is 2. The first-order chi connectivity index (χ1) is 19.1. The summed E-state index contributed by atoms with van der Waals surface area (Å²) in [7, 11) is 1.51. The van der Waals surface area contributed by atoms with Gasteiger partial charge in [0.1, 0.15) is 24.8 Å². The van der Waals surface area contributed by atoms with E-state index in [-0.39, 0.29) is 25.0 Å². The maximum Gasteiger partial charge on any atom is 0.303 e. The fourth-order valence-electron chi connectivity index (χ4n) is 5.46. The molecule has 7 nitrogen and oxygen atoms in total. The molecule has 2 N–H and O–H groups in total. The zero-order chi connectivity index (χ0) is 28.9. The first kappa shape index (κ1) is 29.5. The molecule has 1 aliphatic rings. The highest BCUT2D eigenvalue weighted by Crippen LogP contribution is 2.42. The number of piperidine rings is 1. The van der Waals surface area contributed by atoms with Crippen molar-refractivity contribution in [1.29, 1.82) is 0 Å². The van der Waals surface area contributed by atoms with Crippen LogP contribution in [0.2, 0.25) is 0 Å². The Kier molecular flexibility index (Phi) is 9.47. The summed E-state index contributed by atoms with van der Waals surface area (Å²) in [6.07, 6.45) is 1.96. The monoisotopic (exact) mass is 564 g/mol. The molecule has 0 aliphatic carbocycles. The lowest BCUT2D eigenvalue weighted by Gasteiger charge is -2.41. The summed E-state index contributed by atoms with van der Waals surface area (Å²) in [5, 5.41) is 21.4. The third-order valence-electron chi connectivity index (χ3n) is 7.69. The number of aliphatic hydroxyl groups is 1. The quantitative estimate of drug-likeness (QED) is 0.219. The van der Waals surface area contributed by atoms with E-state index >= 15 is 0 Å². The number of fused-ring (bicyclic) bond motifs is 1. The number of aliphatic hydroxyl groups excluding tert-OH is 1. The molecule has 1 fully saturated rings. The lowest BCUT2D eigenvalue weighted by Crippen LogP contribution is -2.42. The standard InChI is InChI=1S/C29H32F4N2O5/c1-39-20-2-3-23-21(14-20)27(18(16-30)17-34-23)24(36)4-5-29(15-26(37)38)6-8-35(9-7-29)10-11-40-25-13-19(31)12-22(32)28(25)33/h2-3,12-14,17,24,36H,4-11,15-16H2,1H3,(H,37,38)/t24-/m1/s1. The molecule has 1 atom stereocenters. The molecule has 2 heterocycles. The second-order valence-electron chi connectivity index (χ2n) is 10.2. The fourth-order valence-corrected chi connectivity index (χ4v) is 5.46. The third-order valence-corrected chi connectivity index (χ3v) is 7.69. The molecule has 4 rings (SSSR count). The predicted molar refractivity (Wildman–Crippen MR) is 139 cm³/mol. The van der Waals surface area contributed by atoms with Gasteiger partial charge in [-0.15, -0.1) is 0 Å². The van der Waals surface area contributed by atoms with Crippen molar-refractivity contribution < 1.29 is 42.0 Å². The van der Waals surface area contributed by atoms with Crippen LogP contribution in [0, 0.1) is 22.9 Å². The van der Waals surface area contributed by atoms with Gasteiger partial charge in [-0.1, -0.05) is 0 Å². The number of likely N-dealkylation sites (tertiary alicyclic amines) is 1. The zero-order valence-corrected chi connectivity index (χ0v) is 22.1. The van der Waals surface area contributed by atoms with Gasteiger partial charge in [0.25, 0.3) is 0 Å². The van der Waals surface area contributed by atoms with Crippen molar-refractivity contribution in [1.82, 2.24) is 9.88 Å². The van der Waals surface area contributed by atoms with Crippen LogP contribution < -0.4 is 9.47 Å². The fraction of sp³-hybridized carbons (Fsp3) is 0.448. The minimum absolute atomic E-state index is 0.00492. The van der Waals surface area contributed by atoms with E-state index in [1.807, 2.05) is 4.90 Å². The Bertz CT molecular complexity index is 1340. The Morgan fingerprint density at radius 2 is 1.93 bits per heavy atom. The van der Waals surface area contributed by atoms with E-state index < -0.39 is 47.4 Å². The average Bonchev–Trinajstić information content (AvgIpc) is 2.94. The summed E-state index contributed by atoms with van der Waals surface area (Å²) >= 11 is 0. The number of pyridine rings is 1. The normalized spacial score (nSPS) is 16.1. The Labute approximate surface area is 229 Å². The van der Waals surface area contributed by atoms with E-state index in [0.29, 0.717) is 67.2 Å². The number of carboxylic acid groups (broad SMARTS) is 1. The molecule has 1 aliphatic heterocycles. The van der Waals surface area contributed by atoms with E-state index in [2.05, 4.69) is 4.98 Å². The van der Waals surface area contributed by atoms with Gasteiger partial charge in [0.2, 0.25) is 5.82 Å². The molecule has 1 saturated heterocycles. The Morgan fingerprint density at radius 3 is 2.60 bits per heavy atom. The van der Waals surface area contributed by atoms with Crippen molar-refractivity contribution in [2.24, 2.45) is 5.41 Å². The van der Waals surface area contributed by atoms with E-state index in [0.717, 1.165) is 6.07 Å². The summed E-state index contributed by atoms with van der Waals surface area (Å²) in [5.41, 5.74) is 0.694. The largest absolute Gasteiger partial charge is 0.497 e. The molecule has 1 aromatic heterocycles. The van der Waals surface area contributed by atoms with E-state index in [9.17, 15) is 32.6 Å². The number of aliphatic carboxylic acids is 1. The lowest BCUT2D eigenvalue weighted by atomic mass is 9.71. The number of alkyl halides is 1. The van der Waals surface area contributed by atoms with Gasteiger partial charge in [0.15, 0.2) is 11.6 Å². The molecule has 40 heavy (non-hydrogen) atoms. The first-order valence-corrected chi connectivity index (χ1v) is 13.1. The second kappa shape index (κ2) is 12.8. The molecular formula is C29H32F4N2O5. The number of hydrogen-bond donors (Lipinski definition) is 2. The maximum atomic E-state index is 13.9. The highest BCUT2D eigenvalue weighted by atomic mass is 19.2. The van der Waals surface area contributed by atoms with Crippen molar-refractivity contribution in [2.75, 3.05) is 33.4 Å². The molecule has 0 radical (unpaired) electrons. The van der Waals surface area contributed by atoms with Gasteiger partial charge in [-0.3, -0.25) is 14.7 Å². The van der Waals surface area contributed by atoms with Crippen molar-refractivity contribution in [3.63, 3.8) is 0 Å². The Balaban J connectivity index is 1.41. The Hall–Kier alpha value is -3.44. The van der Waals surface area contributed by atoms with Crippen LogP contribution in [0.3, 0.4) is 0 Å². The van der Waals surface area contributed by atoms with Crippen LogP contribution in [-0.2, 0) is 11.5 Å². The summed E-state index contributed by atoms with van der Waals surface area (Å²) in [6, 6.07) is 6.40. The van der Waals surface area contributed by atoms with Crippen LogP contribution >= 0.6 is 0 Å². The van der Waals surface area contributed by atoms with Crippen LogP contribution in [0.25, 0.3) is 10.9 Å². The molecule has 0 saturated carbocycles. The molecule has 216 valence electrons. The second-order valence-corrected chi connectivity index (χ2v) is 10.2. The van der Waals surface area contributed by atoms with Gasteiger partial charge in [0.05, 0.1) is 25.2 Å². The third kappa shape index (κ3) is 6.82. The van der Waals surface area contributed by atoms with Crippen LogP contribution in [0.4, 0.5) is 17.6 Å². The molecule has 3 aromatic rings. The topological polar surface area (TPSA) is 92.1 Å². The van der Waals surface area contributed by atoms with Crippen molar-refractivity contribution in [3.05, 3.63) is 65.1 Å².